The fourth-order valence-corrected chi connectivity index (χ4v) is 3.81. The second kappa shape index (κ2) is 10.1. The van der Waals surface area contributed by atoms with Crippen LogP contribution in [-0.4, -0.2) is 18.3 Å². The number of thioether (sulfide) groups is 1. The van der Waals surface area contributed by atoms with Crippen molar-refractivity contribution < 1.29 is 13.9 Å². The third-order valence-corrected chi connectivity index (χ3v) is 5.92. The van der Waals surface area contributed by atoms with Gasteiger partial charge in [-0.25, -0.2) is 0 Å². The van der Waals surface area contributed by atoms with Gasteiger partial charge < -0.3 is 9.15 Å². The van der Waals surface area contributed by atoms with Gasteiger partial charge in [-0.3, -0.25) is 4.79 Å². The Kier molecular flexibility index (Phi) is 8.16. The number of ether oxygens (including phenoxy) is 1. The highest BCUT2D eigenvalue weighted by atomic mass is 32.2. The molecule has 0 atom stereocenters. The van der Waals surface area contributed by atoms with Crippen LogP contribution in [0.3, 0.4) is 0 Å². The zero-order valence-corrected chi connectivity index (χ0v) is 17.5. The number of esters is 1. The van der Waals surface area contributed by atoms with Crippen molar-refractivity contribution in [3.63, 3.8) is 0 Å². The average Bonchev–Trinajstić information content (AvgIpc) is 2.63. The van der Waals surface area contributed by atoms with Crippen LogP contribution in [0.25, 0.3) is 11.0 Å². The summed E-state index contributed by atoms with van der Waals surface area (Å²) >= 11 is 7.04. The fourth-order valence-electron chi connectivity index (χ4n) is 2.45. The van der Waals surface area contributed by atoms with Crippen LogP contribution in [-0.2, 0) is 9.53 Å². The lowest BCUT2D eigenvalue weighted by Gasteiger charge is -2.20. The highest BCUT2D eigenvalue weighted by Crippen LogP contribution is 2.29. The van der Waals surface area contributed by atoms with Gasteiger partial charge >= 0.3 is 5.97 Å². The Morgan fingerprint density at radius 1 is 1.19 bits per heavy atom. The van der Waals surface area contributed by atoms with Gasteiger partial charge in [0.05, 0.1) is 12.0 Å². The summed E-state index contributed by atoms with van der Waals surface area (Å²) in [5.74, 6) is 0.961. The van der Waals surface area contributed by atoms with E-state index in [-0.39, 0.29) is 11.4 Å². The van der Waals surface area contributed by atoms with Crippen molar-refractivity contribution in [1.29, 1.82) is 0 Å². The van der Waals surface area contributed by atoms with Gasteiger partial charge in [0.1, 0.15) is 5.58 Å². The largest absolute Gasteiger partial charge is 0.465 e. The van der Waals surface area contributed by atoms with E-state index in [4.69, 9.17) is 21.4 Å². The minimum Gasteiger partial charge on any atom is -0.465 e. The molecule has 0 bridgehead atoms. The summed E-state index contributed by atoms with van der Waals surface area (Å²) < 4.78 is 11.5. The van der Waals surface area contributed by atoms with E-state index in [2.05, 4.69) is 6.07 Å². The summed E-state index contributed by atoms with van der Waals surface area (Å²) in [6.45, 7) is 6.40. The van der Waals surface area contributed by atoms with Gasteiger partial charge in [0.15, 0.2) is 4.71 Å². The normalized spacial score (nSPS) is 11.7. The van der Waals surface area contributed by atoms with Gasteiger partial charge in [0.25, 0.3) is 0 Å². The number of para-hydroxylation sites is 1. The Hall–Kier alpha value is -1.33. The molecule has 0 unspecified atom stereocenters. The van der Waals surface area contributed by atoms with Crippen LogP contribution in [0.1, 0.15) is 52.9 Å². The number of unbranched alkanes of at least 4 members (excludes halogenated alkanes) is 3. The fraction of sp³-hybridized carbons (Fsp3) is 0.524. The average molecular weight is 393 g/mol. The molecule has 0 aliphatic carbocycles. The summed E-state index contributed by atoms with van der Waals surface area (Å²) in [5, 5.41) is 1.12. The Labute approximate surface area is 165 Å². The Balaban J connectivity index is 1.66. The first kappa shape index (κ1) is 21.0. The van der Waals surface area contributed by atoms with Crippen LogP contribution in [0, 0.1) is 10.1 Å². The van der Waals surface area contributed by atoms with Crippen molar-refractivity contribution in [2.24, 2.45) is 5.41 Å². The molecule has 0 fully saturated rings. The van der Waals surface area contributed by atoms with Crippen molar-refractivity contribution in [3.05, 3.63) is 35.0 Å². The van der Waals surface area contributed by atoms with Crippen LogP contribution in [0.5, 0.6) is 0 Å². The molecule has 26 heavy (non-hydrogen) atoms. The maximum absolute atomic E-state index is 11.9. The number of hydrogen-bond donors (Lipinski definition) is 0. The number of rotatable bonds is 10. The lowest BCUT2D eigenvalue weighted by atomic mass is 9.91. The lowest BCUT2D eigenvalue weighted by Crippen LogP contribution is -2.26. The standard InChI is InChI=1S/C21H28O3S2/c1-4-21(2,3)20(22)23-13-9-5-6-10-14-26-18-15-19(25)24-17-12-8-7-11-16(17)18/h7-8,11-12,15H,4-6,9-10,13-14H2,1-3H3. The Bertz CT molecular complexity index is 780. The molecule has 3 nitrogen and oxygen atoms in total. The van der Waals surface area contributed by atoms with Crippen molar-refractivity contribution in [1.82, 2.24) is 0 Å². The van der Waals surface area contributed by atoms with E-state index >= 15 is 0 Å². The number of carbonyl (C=O) groups is 1. The minimum atomic E-state index is -0.370. The lowest BCUT2D eigenvalue weighted by molar-refractivity contribution is -0.154. The van der Waals surface area contributed by atoms with Crippen LogP contribution in [0.2, 0.25) is 0 Å². The Morgan fingerprint density at radius 3 is 2.69 bits per heavy atom. The van der Waals surface area contributed by atoms with Gasteiger partial charge in [-0.1, -0.05) is 38.0 Å². The molecule has 0 saturated carbocycles. The predicted molar refractivity (Wildman–Crippen MR) is 111 cm³/mol. The van der Waals surface area contributed by atoms with Crippen LogP contribution >= 0.6 is 24.0 Å². The smallest absolute Gasteiger partial charge is 0.311 e. The van der Waals surface area contributed by atoms with Gasteiger partial charge in [-0.15, -0.1) is 11.8 Å². The number of hydrogen-bond acceptors (Lipinski definition) is 5. The van der Waals surface area contributed by atoms with Gasteiger partial charge in [0, 0.05) is 16.3 Å². The molecular weight excluding hydrogens is 364 g/mol. The molecule has 0 amide bonds. The summed E-state index contributed by atoms with van der Waals surface area (Å²) in [5.41, 5.74) is 0.476. The van der Waals surface area contributed by atoms with Crippen LogP contribution in [0.4, 0.5) is 0 Å². The molecule has 0 aliphatic rings. The summed E-state index contributed by atoms with van der Waals surface area (Å²) in [6.07, 6.45) is 5.08. The van der Waals surface area contributed by atoms with Crippen LogP contribution in [0.15, 0.2) is 39.6 Å². The molecule has 1 aromatic heterocycles. The molecule has 0 saturated heterocycles. The molecule has 0 aliphatic heterocycles. The molecule has 0 N–H and O–H groups in total. The highest BCUT2D eigenvalue weighted by molar-refractivity contribution is 7.99. The van der Waals surface area contributed by atoms with Crippen molar-refractivity contribution in [2.45, 2.75) is 57.8 Å². The molecule has 2 aromatic rings. The third-order valence-electron chi connectivity index (χ3n) is 4.58. The first-order valence-corrected chi connectivity index (χ1v) is 10.7. The molecule has 2 rings (SSSR count). The number of benzene rings is 1. The molecule has 0 radical (unpaired) electrons. The van der Waals surface area contributed by atoms with E-state index in [1.807, 2.05) is 56.8 Å². The van der Waals surface area contributed by atoms with Gasteiger partial charge in [-0.2, -0.15) is 0 Å². The van der Waals surface area contributed by atoms with E-state index in [0.29, 0.717) is 11.3 Å². The van der Waals surface area contributed by atoms with Crippen molar-refractivity contribution >= 4 is 40.9 Å². The zero-order valence-electron chi connectivity index (χ0n) is 15.9. The van der Waals surface area contributed by atoms with Crippen molar-refractivity contribution in [2.75, 3.05) is 12.4 Å². The summed E-state index contributed by atoms with van der Waals surface area (Å²) in [4.78, 5) is 13.1. The highest BCUT2D eigenvalue weighted by Gasteiger charge is 2.26. The Morgan fingerprint density at radius 2 is 1.92 bits per heavy atom. The maximum Gasteiger partial charge on any atom is 0.311 e. The van der Waals surface area contributed by atoms with E-state index in [0.717, 1.165) is 48.8 Å². The van der Waals surface area contributed by atoms with E-state index < -0.39 is 0 Å². The van der Waals surface area contributed by atoms with Crippen LogP contribution < -0.4 is 0 Å². The van der Waals surface area contributed by atoms with E-state index in [9.17, 15) is 4.79 Å². The SMILES string of the molecule is CCC(C)(C)C(=O)OCCCCCCSc1cc(=S)oc2ccccc12. The number of carbonyl (C=O) groups excluding carboxylic acids is 1. The first-order chi connectivity index (χ1) is 12.4. The molecule has 142 valence electrons. The van der Waals surface area contributed by atoms with Crippen molar-refractivity contribution in [3.8, 4) is 0 Å². The monoisotopic (exact) mass is 392 g/mol. The second-order valence-corrected chi connectivity index (χ2v) is 8.60. The zero-order chi connectivity index (χ0) is 19.0. The minimum absolute atomic E-state index is 0.0864. The predicted octanol–water partition coefficient (Wildman–Crippen LogP) is 6.79. The molecule has 5 heteroatoms. The summed E-state index contributed by atoms with van der Waals surface area (Å²) in [7, 11) is 0. The van der Waals surface area contributed by atoms with Gasteiger partial charge in [-0.05, 0) is 57.1 Å². The topological polar surface area (TPSA) is 39.4 Å². The van der Waals surface area contributed by atoms with E-state index in [1.54, 1.807) is 0 Å². The maximum atomic E-state index is 11.9. The molecule has 1 aromatic carbocycles. The number of fused-ring (bicyclic) bond motifs is 1. The quantitative estimate of drug-likeness (QED) is 0.192. The molecule has 1 heterocycles. The first-order valence-electron chi connectivity index (χ1n) is 9.27. The molecular formula is C21H28O3S2. The second-order valence-electron chi connectivity index (χ2n) is 7.06. The van der Waals surface area contributed by atoms with E-state index in [1.165, 1.54) is 4.90 Å². The third kappa shape index (κ3) is 6.13. The molecule has 0 spiro atoms. The van der Waals surface area contributed by atoms with Gasteiger partial charge in [0.2, 0.25) is 0 Å². The summed E-state index contributed by atoms with van der Waals surface area (Å²) in [6, 6.07) is 9.95.